The van der Waals surface area contributed by atoms with Gasteiger partial charge in [0, 0.05) is 11.1 Å². The molecule has 1 amide bonds. The Morgan fingerprint density at radius 2 is 1.88 bits per heavy atom. The van der Waals surface area contributed by atoms with Crippen molar-refractivity contribution in [3.8, 4) is 5.75 Å². The number of nitrogens with zero attached hydrogens (tertiary/aromatic N) is 1. The predicted molar refractivity (Wildman–Crippen MR) is 92.9 cm³/mol. The highest BCUT2D eigenvalue weighted by Crippen LogP contribution is 2.27. The predicted octanol–water partition coefficient (Wildman–Crippen LogP) is 4.19. The average Bonchev–Trinajstić information content (AvgIpc) is 2.53. The summed E-state index contributed by atoms with van der Waals surface area (Å²) in [7, 11) is 0. The molecule has 24 heavy (non-hydrogen) atoms. The molecule has 7 heteroatoms. The van der Waals surface area contributed by atoms with Crippen molar-refractivity contribution in [3.63, 3.8) is 0 Å². The lowest BCUT2D eigenvalue weighted by molar-refractivity contribution is -0.385. The molecule has 0 unspecified atom stereocenters. The Kier molecular flexibility index (Phi) is 5.41. The van der Waals surface area contributed by atoms with Gasteiger partial charge in [0.2, 0.25) is 0 Å². The maximum Gasteiger partial charge on any atom is 0.274 e. The Bertz CT molecular complexity index is 805. The number of halogens is 1. The van der Waals surface area contributed by atoms with Gasteiger partial charge in [-0.25, -0.2) is 0 Å². The van der Waals surface area contributed by atoms with E-state index in [-0.39, 0.29) is 12.3 Å². The summed E-state index contributed by atoms with van der Waals surface area (Å²) in [5.41, 5.74) is 2.50. The fraction of sp³-hybridized carbons (Fsp3) is 0.235. The standard InChI is InChI=1S/C17H17ClN2O4/c1-10-11(2)16(8-7-13(10)18)24-9-17(21)19-14-5-4-6-15(12(14)3)20(22)23/h4-8H,9H2,1-3H3,(H,19,21). The van der Waals surface area contributed by atoms with Gasteiger partial charge in [-0.1, -0.05) is 17.7 Å². The maximum absolute atomic E-state index is 12.1. The normalized spacial score (nSPS) is 10.3. The average molecular weight is 349 g/mol. The minimum Gasteiger partial charge on any atom is -0.483 e. The number of carbonyl (C=O) groups is 1. The van der Waals surface area contributed by atoms with Crippen LogP contribution in [0.3, 0.4) is 0 Å². The van der Waals surface area contributed by atoms with Crippen molar-refractivity contribution in [3.05, 3.63) is 62.2 Å². The van der Waals surface area contributed by atoms with Crippen LogP contribution in [0.15, 0.2) is 30.3 Å². The summed E-state index contributed by atoms with van der Waals surface area (Å²) in [6, 6.07) is 7.94. The summed E-state index contributed by atoms with van der Waals surface area (Å²) < 4.78 is 5.52. The van der Waals surface area contributed by atoms with Crippen LogP contribution in [0.25, 0.3) is 0 Å². The van der Waals surface area contributed by atoms with Crippen molar-refractivity contribution in [1.29, 1.82) is 0 Å². The SMILES string of the molecule is Cc1c(NC(=O)COc2ccc(Cl)c(C)c2C)cccc1[N+](=O)[O-]. The number of anilines is 1. The molecule has 0 aliphatic carbocycles. The number of amides is 1. The number of nitro benzene ring substituents is 1. The number of ether oxygens (including phenoxy) is 1. The Balaban J connectivity index is 2.06. The number of hydrogen-bond acceptors (Lipinski definition) is 4. The van der Waals surface area contributed by atoms with Crippen LogP contribution in [0.5, 0.6) is 5.75 Å². The van der Waals surface area contributed by atoms with Crippen molar-refractivity contribution in [1.82, 2.24) is 0 Å². The molecule has 2 rings (SSSR count). The number of carbonyl (C=O) groups excluding carboxylic acids is 1. The number of nitrogens with one attached hydrogen (secondary N) is 1. The molecule has 0 atom stereocenters. The molecule has 0 radical (unpaired) electrons. The van der Waals surface area contributed by atoms with Crippen LogP contribution in [0.4, 0.5) is 11.4 Å². The first kappa shape index (κ1) is 17.7. The number of benzene rings is 2. The highest BCUT2D eigenvalue weighted by Gasteiger charge is 2.15. The number of nitro groups is 1. The topological polar surface area (TPSA) is 81.5 Å². The van der Waals surface area contributed by atoms with Crippen molar-refractivity contribution in [2.24, 2.45) is 0 Å². The third-order valence-corrected chi connectivity index (χ3v) is 4.22. The van der Waals surface area contributed by atoms with E-state index in [9.17, 15) is 14.9 Å². The molecule has 1 N–H and O–H groups in total. The summed E-state index contributed by atoms with van der Waals surface area (Å²) in [4.78, 5) is 22.5. The maximum atomic E-state index is 12.1. The quantitative estimate of drug-likeness (QED) is 0.648. The summed E-state index contributed by atoms with van der Waals surface area (Å²) in [5.74, 6) is 0.174. The van der Waals surface area contributed by atoms with E-state index in [4.69, 9.17) is 16.3 Å². The molecule has 2 aromatic rings. The lowest BCUT2D eigenvalue weighted by Crippen LogP contribution is -2.21. The van der Waals surface area contributed by atoms with Crippen molar-refractivity contribution < 1.29 is 14.5 Å². The zero-order chi connectivity index (χ0) is 17.9. The van der Waals surface area contributed by atoms with Crippen LogP contribution >= 0.6 is 11.6 Å². The van der Waals surface area contributed by atoms with Gasteiger partial charge < -0.3 is 10.1 Å². The van der Waals surface area contributed by atoms with Crippen LogP contribution < -0.4 is 10.1 Å². The molecule has 0 aromatic heterocycles. The van der Waals surface area contributed by atoms with Crippen molar-refractivity contribution in [2.45, 2.75) is 20.8 Å². The second-order valence-electron chi connectivity index (χ2n) is 5.34. The minimum absolute atomic E-state index is 0.0436. The third kappa shape index (κ3) is 3.83. The molecule has 0 heterocycles. The van der Waals surface area contributed by atoms with Crippen LogP contribution in [0, 0.1) is 30.9 Å². The van der Waals surface area contributed by atoms with Crippen molar-refractivity contribution >= 4 is 28.9 Å². The first-order chi connectivity index (χ1) is 11.3. The van der Waals surface area contributed by atoms with Gasteiger partial charge in [-0.3, -0.25) is 14.9 Å². The Labute approximate surface area is 144 Å². The Hall–Kier alpha value is -2.60. The van der Waals surface area contributed by atoms with Crippen molar-refractivity contribution in [2.75, 3.05) is 11.9 Å². The number of hydrogen-bond donors (Lipinski definition) is 1. The fourth-order valence-corrected chi connectivity index (χ4v) is 2.41. The van der Waals surface area contributed by atoms with Gasteiger partial charge in [0.15, 0.2) is 6.61 Å². The molecule has 0 bridgehead atoms. The van der Waals surface area contributed by atoms with E-state index in [0.29, 0.717) is 22.0 Å². The van der Waals surface area contributed by atoms with Gasteiger partial charge in [-0.05, 0) is 50.1 Å². The zero-order valence-electron chi connectivity index (χ0n) is 13.6. The minimum atomic E-state index is -0.485. The first-order valence-electron chi connectivity index (χ1n) is 7.23. The Morgan fingerprint density at radius 1 is 1.17 bits per heavy atom. The fourth-order valence-electron chi connectivity index (χ4n) is 2.21. The van der Waals surface area contributed by atoms with Crippen LogP contribution in [-0.2, 0) is 4.79 Å². The summed E-state index contributed by atoms with van der Waals surface area (Å²) in [6.07, 6.45) is 0. The summed E-state index contributed by atoms with van der Waals surface area (Å²) in [5, 5.41) is 14.2. The van der Waals surface area contributed by atoms with E-state index in [2.05, 4.69) is 5.32 Å². The molecule has 126 valence electrons. The largest absolute Gasteiger partial charge is 0.483 e. The van der Waals surface area contributed by atoms with Gasteiger partial charge in [-0.2, -0.15) is 0 Å². The molecule has 6 nitrogen and oxygen atoms in total. The molecule has 0 saturated heterocycles. The van der Waals surface area contributed by atoms with Gasteiger partial charge >= 0.3 is 0 Å². The highest BCUT2D eigenvalue weighted by molar-refractivity contribution is 6.31. The number of rotatable bonds is 5. The molecule has 0 aliphatic rings. The van der Waals surface area contributed by atoms with Gasteiger partial charge in [0.1, 0.15) is 5.75 Å². The van der Waals surface area contributed by atoms with Gasteiger partial charge in [0.05, 0.1) is 16.2 Å². The van der Waals surface area contributed by atoms with Crippen LogP contribution in [0.2, 0.25) is 5.02 Å². The first-order valence-corrected chi connectivity index (χ1v) is 7.61. The van der Waals surface area contributed by atoms with E-state index in [1.807, 2.05) is 13.8 Å². The smallest absolute Gasteiger partial charge is 0.274 e. The molecular formula is C17H17ClN2O4. The lowest BCUT2D eigenvalue weighted by atomic mass is 10.1. The lowest BCUT2D eigenvalue weighted by Gasteiger charge is -2.13. The summed E-state index contributed by atoms with van der Waals surface area (Å²) >= 11 is 6.02. The Morgan fingerprint density at radius 3 is 2.54 bits per heavy atom. The molecule has 2 aromatic carbocycles. The second-order valence-corrected chi connectivity index (χ2v) is 5.75. The van der Waals surface area contributed by atoms with E-state index in [1.165, 1.54) is 12.1 Å². The van der Waals surface area contributed by atoms with E-state index in [1.54, 1.807) is 25.1 Å². The second kappa shape index (κ2) is 7.31. The molecule has 0 aliphatic heterocycles. The monoisotopic (exact) mass is 348 g/mol. The van der Waals surface area contributed by atoms with Gasteiger partial charge in [0.25, 0.3) is 11.6 Å². The molecular weight excluding hydrogens is 332 g/mol. The molecule has 0 saturated carbocycles. The summed E-state index contributed by atoms with van der Waals surface area (Å²) in [6.45, 7) is 5.11. The third-order valence-electron chi connectivity index (χ3n) is 3.81. The van der Waals surface area contributed by atoms with Crippen LogP contribution in [-0.4, -0.2) is 17.4 Å². The zero-order valence-corrected chi connectivity index (χ0v) is 14.3. The molecule has 0 fully saturated rings. The van der Waals surface area contributed by atoms with E-state index in [0.717, 1.165) is 11.1 Å². The molecule has 0 spiro atoms. The van der Waals surface area contributed by atoms with Gasteiger partial charge in [-0.15, -0.1) is 0 Å². The van der Waals surface area contributed by atoms with E-state index >= 15 is 0 Å². The highest BCUT2D eigenvalue weighted by atomic mass is 35.5. The van der Waals surface area contributed by atoms with E-state index < -0.39 is 10.8 Å². The van der Waals surface area contributed by atoms with Crippen LogP contribution in [0.1, 0.15) is 16.7 Å².